The van der Waals surface area contributed by atoms with Crippen LogP contribution in [0, 0.1) is 11.6 Å². The quantitative estimate of drug-likeness (QED) is 0.389. The minimum absolute atomic E-state index is 0.0866. The Morgan fingerprint density at radius 3 is 1.92 bits per heavy atom. The topological polar surface area (TPSA) is 101 Å². The van der Waals surface area contributed by atoms with E-state index in [1.165, 1.54) is 6.92 Å². The summed E-state index contributed by atoms with van der Waals surface area (Å²) in [4.78, 5) is 16.1. The van der Waals surface area contributed by atoms with Crippen LogP contribution < -0.4 is 10.0 Å². The van der Waals surface area contributed by atoms with Crippen molar-refractivity contribution in [3.63, 3.8) is 0 Å². The number of benzene rings is 2. The molecule has 1 atom stereocenters. The van der Waals surface area contributed by atoms with Gasteiger partial charge in [-0.1, -0.05) is 0 Å². The summed E-state index contributed by atoms with van der Waals surface area (Å²) < 4.78 is 136. The molecule has 1 aromatic heterocycles. The lowest BCUT2D eigenvalue weighted by atomic mass is 10.0. The summed E-state index contributed by atoms with van der Waals surface area (Å²) >= 11 is 0. The van der Waals surface area contributed by atoms with Gasteiger partial charge in [0.2, 0.25) is 15.9 Å². The van der Waals surface area contributed by atoms with Gasteiger partial charge in [0.25, 0.3) is 5.91 Å². The van der Waals surface area contributed by atoms with E-state index in [4.69, 9.17) is 4.42 Å². The van der Waals surface area contributed by atoms with Gasteiger partial charge < -0.3 is 9.73 Å². The number of aromatic nitrogens is 1. The van der Waals surface area contributed by atoms with E-state index >= 15 is 0 Å². The molecule has 0 aliphatic rings. The van der Waals surface area contributed by atoms with Crippen LogP contribution in [-0.4, -0.2) is 25.6 Å². The largest absolute Gasteiger partial charge is 0.444 e. The van der Waals surface area contributed by atoms with Crippen molar-refractivity contribution < 1.29 is 52.8 Å². The number of amides is 1. The van der Waals surface area contributed by atoms with Crippen LogP contribution in [0.5, 0.6) is 0 Å². The first kappa shape index (κ1) is 27.9. The maximum atomic E-state index is 14.2. The van der Waals surface area contributed by atoms with Gasteiger partial charge in [-0.2, -0.15) is 26.3 Å². The van der Waals surface area contributed by atoms with Crippen LogP contribution in [0.1, 0.15) is 40.1 Å². The highest BCUT2D eigenvalue weighted by Gasteiger charge is 2.37. The molecule has 0 saturated heterocycles. The molecule has 0 aliphatic heterocycles. The molecule has 7 nitrogen and oxygen atoms in total. The van der Waals surface area contributed by atoms with E-state index in [9.17, 15) is 48.3 Å². The van der Waals surface area contributed by atoms with Crippen LogP contribution in [0.15, 0.2) is 41.0 Å². The average molecular weight is 557 g/mol. The maximum absolute atomic E-state index is 14.2. The molecule has 0 saturated carbocycles. The maximum Gasteiger partial charge on any atom is 0.416 e. The molecule has 0 unspecified atom stereocenters. The van der Waals surface area contributed by atoms with Gasteiger partial charge >= 0.3 is 12.4 Å². The molecule has 200 valence electrons. The summed E-state index contributed by atoms with van der Waals surface area (Å²) in [5.74, 6) is -4.32. The summed E-state index contributed by atoms with van der Waals surface area (Å²) in [6.07, 6.45) is -8.88. The monoisotopic (exact) mass is 557 g/mol. The number of alkyl halides is 6. The van der Waals surface area contributed by atoms with E-state index in [1.807, 2.05) is 0 Å². The van der Waals surface area contributed by atoms with Crippen molar-refractivity contribution in [3.05, 3.63) is 70.6 Å². The summed E-state index contributed by atoms with van der Waals surface area (Å²) in [6.45, 7) is 1.29. The van der Waals surface area contributed by atoms with Crippen molar-refractivity contribution in [2.75, 3.05) is 11.0 Å². The molecule has 37 heavy (non-hydrogen) atoms. The number of carbonyl (C=O) groups is 1. The van der Waals surface area contributed by atoms with Crippen molar-refractivity contribution in [3.8, 4) is 11.5 Å². The molecule has 2 aromatic carbocycles. The third-order valence-corrected chi connectivity index (χ3v) is 5.35. The van der Waals surface area contributed by atoms with Crippen molar-refractivity contribution >= 4 is 21.6 Å². The normalized spacial score (nSPS) is 13.4. The second-order valence-electron chi connectivity index (χ2n) is 7.76. The summed E-state index contributed by atoms with van der Waals surface area (Å²) in [7, 11) is -4.00. The fourth-order valence-electron chi connectivity index (χ4n) is 3.07. The van der Waals surface area contributed by atoms with Gasteiger partial charge in [0.15, 0.2) is 17.3 Å². The van der Waals surface area contributed by atoms with E-state index in [2.05, 4.69) is 10.3 Å². The molecule has 3 aromatic rings. The molecule has 0 spiro atoms. The van der Waals surface area contributed by atoms with Crippen molar-refractivity contribution in [2.45, 2.75) is 25.3 Å². The molecule has 0 bridgehead atoms. The highest BCUT2D eigenvalue weighted by atomic mass is 32.2. The highest BCUT2D eigenvalue weighted by molar-refractivity contribution is 7.92. The fraction of sp³-hybridized carbons (Fsp3) is 0.238. The van der Waals surface area contributed by atoms with Gasteiger partial charge in [-0.05, 0) is 42.8 Å². The lowest BCUT2D eigenvalue weighted by molar-refractivity contribution is -0.143. The first-order chi connectivity index (χ1) is 16.8. The smallest absolute Gasteiger partial charge is 0.416 e. The predicted octanol–water partition coefficient (Wildman–Crippen LogP) is 5.52. The number of hydrogen-bond acceptors (Lipinski definition) is 5. The lowest BCUT2D eigenvalue weighted by Gasteiger charge is -2.15. The lowest BCUT2D eigenvalue weighted by Crippen LogP contribution is -2.27. The van der Waals surface area contributed by atoms with Gasteiger partial charge in [-0.15, -0.1) is 0 Å². The molecule has 3 rings (SSSR count). The Morgan fingerprint density at radius 1 is 0.946 bits per heavy atom. The number of sulfonamides is 1. The van der Waals surface area contributed by atoms with E-state index < -0.39 is 79.9 Å². The number of rotatable bonds is 6. The van der Waals surface area contributed by atoms with Gasteiger partial charge in [0, 0.05) is 5.56 Å². The Kier molecular flexibility index (Phi) is 7.27. The van der Waals surface area contributed by atoms with E-state index in [0.717, 1.165) is 12.1 Å². The number of anilines is 1. The first-order valence-electron chi connectivity index (χ1n) is 9.88. The van der Waals surface area contributed by atoms with E-state index in [1.54, 1.807) is 4.72 Å². The third-order valence-electron chi connectivity index (χ3n) is 4.77. The van der Waals surface area contributed by atoms with Crippen molar-refractivity contribution in [1.29, 1.82) is 0 Å². The second kappa shape index (κ2) is 9.64. The number of nitrogens with zero attached hydrogens (tertiary/aromatic N) is 1. The van der Waals surface area contributed by atoms with Crippen molar-refractivity contribution in [2.24, 2.45) is 0 Å². The molecule has 2 N–H and O–H groups in total. The van der Waals surface area contributed by atoms with E-state index in [0.29, 0.717) is 24.7 Å². The zero-order valence-electron chi connectivity index (χ0n) is 18.6. The molecule has 16 heteroatoms. The number of oxazole rings is 1. The van der Waals surface area contributed by atoms with E-state index in [-0.39, 0.29) is 11.6 Å². The molecule has 1 amide bonds. The zero-order chi connectivity index (χ0) is 27.9. The van der Waals surface area contributed by atoms with Crippen LogP contribution >= 0.6 is 0 Å². The Morgan fingerprint density at radius 2 is 1.46 bits per heavy atom. The molecule has 0 aliphatic carbocycles. The second-order valence-corrected chi connectivity index (χ2v) is 9.51. The van der Waals surface area contributed by atoms with Crippen LogP contribution in [-0.2, 0) is 22.4 Å². The zero-order valence-corrected chi connectivity index (χ0v) is 19.4. The van der Waals surface area contributed by atoms with Crippen LogP contribution in [0.25, 0.3) is 11.5 Å². The molecular weight excluding hydrogens is 542 g/mol. The van der Waals surface area contributed by atoms with Gasteiger partial charge in [0.1, 0.15) is 12.0 Å². The highest BCUT2D eigenvalue weighted by Crippen LogP contribution is 2.38. The Balaban J connectivity index is 1.86. The first-order valence-corrected chi connectivity index (χ1v) is 11.8. The predicted molar refractivity (Wildman–Crippen MR) is 113 cm³/mol. The summed E-state index contributed by atoms with van der Waals surface area (Å²) in [6, 6.07) is 1.03. The Labute approximate surface area is 203 Å². The number of halogens is 8. The molecule has 1 heterocycles. The van der Waals surface area contributed by atoms with Crippen LogP contribution in [0.4, 0.5) is 40.8 Å². The van der Waals surface area contributed by atoms with Crippen molar-refractivity contribution in [1.82, 2.24) is 10.3 Å². The Bertz CT molecular complexity index is 1390. The minimum atomic E-state index is -5.12. The average Bonchev–Trinajstić information content (AvgIpc) is 3.24. The fourth-order valence-corrected chi connectivity index (χ4v) is 3.63. The summed E-state index contributed by atoms with van der Waals surface area (Å²) in [5, 5.41) is 2.28. The number of nitrogens with one attached hydrogen (secondary N) is 2. The minimum Gasteiger partial charge on any atom is -0.444 e. The third kappa shape index (κ3) is 6.75. The molecule has 0 fully saturated rings. The number of carbonyl (C=O) groups excluding carboxylic acids is 1. The number of hydrogen-bond donors (Lipinski definition) is 2. The van der Waals surface area contributed by atoms with Gasteiger partial charge in [-0.25, -0.2) is 22.2 Å². The van der Waals surface area contributed by atoms with Crippen LogP contribution in [0.3, 0.4) is 0 Å². The molecule has 0 radical (unpaired) electrons. The van der Waals surface area contributed by atoms with Gasteiger partial charge in [0.05, 0.1) is 23.4 Å². The SMILES string of the molecule is C[C@@H](NC(=O)c1coc(-c2cc(C(F)(F)F)cc(C(F)(F)F)c2)n1)c1cc(F)c(NS(C)(=O)=O)c(F)c1. The van der Waals surface area contributed by atoms with Crippen LogP contribution in [0.2, 0.25) is 0 Å². The standard InChI is InChI=1S/C21H15F8N3O4S/c1-9(10-5-14(22)17(15(23)6-10)32-37(2,34)35)30-18(33)16-8-36-19(31-16)11-3-12(20(24,25)26)7-13(4-11)21(27,28)29/h3-9,32H,1-2H3,(H,30,33)/t9-/m1/s1. The summed E-state index contributed by atoms with van der Waals surface area (Å²) in [5.41, 5.74) is -5.57. The Hall–Kier alpha value is -3.69. The van der Waals surface area contributed by atoms with Gasteiger partial charge in [-0.3, -0.25) is 9.52 Å². The molecular formula is C21H15F8N3O4S.